The van der Waals surface area contributed by atoms with Gasteiger partial charge in [-0.2, -0.15) is 0 Å². The van der Waals surface area contributed by atoms with Gasteiger partial charge in [-0.25, -0.2) is 4.98 Å². The van der Waals surface area contributed by atoms with Gasteiger partial charge in [-0.15, -0.1) is 22.7 Å². The van der Waals surface area contributed by atoms with Crippen LogP contribution in [0.2, 0.25) is 0 Å². The van der Waals surface area contributed by atoms with Crippen LogP contribution in [0.4, 0.5) is 0 Å². The summed E-state index contributed by atoms with van der Waals surface area (Å²) in [7, 11) is 0. The van der Waals surface area contributed by atoms with Crippen LogP contribution in [0.1, 0.15) is 10.5 Å². The second-order valence-electron chi connectivity index (χ2n) is 5.54. The number of nitrogens with zero attached hydrogens (tertiary/aromatic N) is 2. The number of fused-ring (bicyclic) bond motifs is 2. The number of thiophene rings is 1. The van der Waals surface area contributed by atoms with Gasteiger partial charge in [0.05, 0.1) is 10.6 Å². The summed E-state index contributed by atoms with van der Waals surface area (Å²) >= 11 is 3.10. The van der Waals surface area contributed by atoms with E-state index in [1.807, 2.05) is 45.5 Å². The van der Waals surface area contributed by atoms with Gasteiger partial charge in [0, 0.05) is 10.9 Å². The molecule has 0 saturated carbocycles. The molecular weight excluding hydrogens is 356 g/mol. The third kappa shape index (κ3) is 2.27. The SMILES string of the molecule is O=Cc1c(-c2cccs2)nc2scc(-c3ccc4c(c3)OCCO4)n12. The molecule has 0 atom stereocenters. The molecule has 0 fully saturated rings. The zero-order chi connectivity index (χ0) is 16.8. The minimum atomic E-state index is 0.544. The third-order valence-corrected chi connectivity index (χ3v) is 5.81. The molecule has 5 nitrogen and oxygen atoms in total. The van der Waals surface area contributed by atoms with E-state index in [1.54, 1.807) is 11.3 Å². The van der Waals surface area contributed by atoms with Crippen molar-refractivity contribution < 1.29 is 14.3 Å². The van der Waals surface area contributed by atoms with Crippen LogP contribution in [0.5, 0.6) is 11.5 Å². The van der Waals surface area contributed by atoms with Gasteiger partial charge in [-0.3, -0.25) is 9.20 Å². The molecule has 1 aromatic carbocycles. The molecule has 124 valence electrons. The summed E-state index contributed by atoms with van der Waals surface area (Å²) in [4.78, 5) is 18.3. The number of carbonyl (C=O) groups is 1. The average Bonchev–Trinajstić information content (AvgIpc) is 3.37. The summed E-state index contributed by atoms with van der Waals surface area (Å²) < 4.78 is 13.2. The first-order valence-electron chi connectivity index (χ1n) is 7.74. The molecule has 5 rings (SSSR count). The highest BCUT2D eigenvalue weighted by atomic mass is 32.1. The van der Waals surface area contributed by atoms with Crippen molar-refractivity contribution in [1.82, 2.24) is 9.38 Å². The van der Waals surface area contributed by atoms with Crippen molar-refractivity contribution in [2.24, 2.45) is 0 Å². The van der Waals surface area contributed by atoms with Gasteiger partial charge in [0.2, 0.25) is 0 Å². The molecule has 0 unspecified atom stereocenters. The Morgan fingerprint density at radius 1 is 1.12 bits per heavy atom. The zero-order valence-corrected chi connectivity index (χ0v) is 14.6. The quantitative estimate of drug-likeness (QED) is 0.504. The zero-order valence-electron chi connectivity index (χ0n) is 13.0. The smallest absolute Gasteiger partial charge is 0.195 e. The molecule has 4 heterocycles. The monoisotopic (exact) mass is 368 g/mol. The molecule has 0 N–H and O–H groups in total. The summed E-state index contributed by atoms with van der Waals surface area (Å²) in [6.07, 6.45) is 0.878. The number of benzene rings is 1. The molecule has 0 bridgehead atoms. The van der Waals surface area contributed by atoms with Gasteiger partial charge < -0.3 is 9.47 Å². The maximum Gasteiger partial charge on any atom is 0.195 e. The Balaban J connectivity index is 1.71. The normalized spacial score (nSPS) is 13.3. The van der Waals surface area contributed by atoms with E-state index < -0.39 is 0 Å². The van der Waals surface area contributed by atoms with Crippen molar-refractivity contribution >= 4 is 33.9 Å². The number of rotatable bonds is 3. The number of ether oxygens (including phenoxy) is 2. The first kappa shape index (κ1) is 14.7. The van der Waals surface area contributed by atoms with Crippen LogP contribution in [-0.4, -0.2) is 28.9 Å². The maximum absolute atomic E-state index is 11.8. The van der Waals surface area contributed by atoms with Crippen molar-refractivity contribution in [2.45, 2.75) is 0 Å². The fourth-order valence-corrected chi connectivity index (χ4v) is 4.62. The number of thiazole rings is 1. The van der Waals surface area contributed by atoms with E-state index in [0.29, 0.717) is 18.9 Å². The number of imidazole rings is 1. The van der Waals surface area contributed by atoms with Crippen LogP contribution in [0.15, 0.2) is 41.1 Å². The Labute approximate surface area is 151 Å². The van der Waals surface area contributed by atoms with Crippen LogP contribution in [0.3, 0.4) is 0 Å². The summed E-state index contributed by atoms with van der Waals surface area (Å²) in [5.74, 6) is 1.48. The van der Waals surface area contributed by atoms with Gasteiger partial charge in [-0.05, 0) is 29.6 Å². The molecule has 0 amide bonds. The molecule has 0 saturated heterocycles. The van der Waals surface area contributed by atoms with E-state index >= 15 is 0 Å². The highest BCUT2D eigenvalue weighted by Crippen LogP contribution is 2.38. The van der Waals surface area contributed by atoms with E-state index in [-0.39, 0.29) is 0 Å². The number of hydrogen-bond donors (Lipinski definition) is 0. The van der Waals surface area contributed by atoms with Crippen molar-refractivity contribution in [3.8, 4) is 33.3 Å². The largest absolute Gasteiger partial charge is 0.486 e. The molecule has 1 aliphatic heterocycles. The molecular formula is C18H12N2O3S2. The number of hydrogen-bond acceptors (Lipinski definition) is 6. The first-order valence-corrected chi connectivity index (χ1v) is 9.50. The molecule has 0 aliphatic carbocycles. The Hall–Kier alpha value is -2.64. The van der Waals surface area contributed by atoms with Crippen LogP contribution in [-0.2, 0) is 0 Å². The van der Waals surface area contributed by atoms with Gasteiger partial charge in [0.15, 0.2) is 22.7 Å². The Bertz CT molecular complexity index is 1080. The summed E-state index contributed by atoms with van der Waals surface area (Å²) in [6.45, 7) is 1.11. The summed E-state index contributed by atoms with van der Waals surface area (Å²) in [6, 6.07) is 9.78. The van der Waals surface area contributed by atoms with Crippen molar-refractivity contribution in [3.05, 3.63) is 46.8 Å². The minimum absolute atomic E-state index is 0.544. The molecule has 0 spiro atoms. The number of aldehydes is 1. The number of carbonyl (C=O) groups excluding carboxylic acids is 1. The maximum atomic E-state index is 11.8. The lowest BCUT2D eigenvalue weighted by Gasteiger charge is -2.18. The summed E-state index contributed by atoms with van der Waals surface area (Å²) in [5.41, 5.74) is 3.20. The van der Waals surface area contributed by atoms with E-state index in [9.17, 15) is 4.79 Å². The van der Waals surface area contributed by atoms with E-state index in [2.05, 4.69) is 4.98 Å². The highest BCUT2D eigenvalue weighted by Gasteiger charge is 2.20. The van der Waals surface area contributed by atoms with Crippen molar-refractivity contribution in [2.75, 3.05) is 13.2 Å². The Kier molecular flexibility index (Phi) is 3.36. The highest BCUT2D eigenvalue weighted by molar-refractivity contribution is 7.15. The summed E-state index contributed by atoms with van der Waals surface area (Å²) in [5, 5.41) is 4.00. The van der Waals surface area contributed by atoms with E-state index in [1.165, 1.54) is 11.3 Å². The molecule has 1 aliphatic rings. The lowest BCUT2D eigenvalue weighted by atomic mass is 10.1. The Morgan fingerprint density at radius 2 is 2.00 bits per heavy atom. The fraction of sp³-hybridized carbons (Fsp3) is 0.111. The molecule has 25 heavy (non-hydrogen) atoms. The average molecular weight is 368 g/mol. The van der Waals surface area contributed by atoms with Crippen LogP contribution < -0.4 is 9.47 Å². The Morgan fingerprint density at radius 3 is 2.80 bits per heavy atom. The second-order valence-corrected chi connectivity index (χ2v) is 7.32. The predicted octanol–water partition coefficient (Wildman–Crippen LogP) is 4.38. The van der Waals surface area contributed by atoms with Gasteiger partial charge in [-0.1, -0.05) is 6.07 Å². The van der Waals surface area contributed by atoms with E-state index in [0.717, 1.165) is 44.6 Å². The van der Waals surface area contributed by atoms with Crippen molar-refractivity contribution in [1.29, 1.82) is 0 Å². The standard InChI is InChI=1S/C18H12N2O3S2/c21-9-12-17(16-2-1-7-24-16)19-18-20(12)13(10-25-18)11-3-4-14-15(8-11)23-6-5-22-14/h1-4,7-10H,5-6H2. The molecule has 0 radical (unpaired) electrons. The predicted molar refractivity (Wildman–Crippen MR) is 98.2 cm³/mol. The number of aromatic nitrogens is 2. The van der Waals surface area contributed by atoms with E-state index in [4.69, 9.17) is 9.47 Å². The minimum Gasteiger partial charge on any atom is -0.486 e. The van der Waals surface area contributed by atoms with Crippen molar-refractivity contribution in [3.63, 3.8) is 0 Å². The van der Waals surface area contributed by atoms with Gasteiger partial charge in [0.1, 0.15) is 24.6 Å². The molecule has 4 aromatic rings. The lowest BCUT2D eigenvalue weighted by molar-refractivity contribution is 0.111. The fourth-order valence-electron chi connectivity index (χ4n) is 2.99. The first-order chi connectivity index (χ1) is 12.3. The topological polar surface area (TPSA) is 52.8 Å². The molecule has 7 heteroatoms. The van der Waals surface area contributed by atoms with Crippen LogP contribution >= 0.6 is 22.7 Å². The van der Waals surface area contributed by atoms with Gasteiger partial charge >= 0.3 is 0 Å². The second kappa shape index (κ2) is 5.72. The van der Waals surface area contributed by atoms with Crippen LogP contribution in [0.25, 0.3) is 26.8 Å². The molecule has 3 aromatic heterocycles. The lowest BCUT2D eigenvalue weighted by Crippen LogP contribution is -2.15. The van der Waals surface area contributed by atoms with Gasteiger partial charge in [0.25, 0.3) is 0 Å². The third-order valence-electron chi connectivity index (χ3n) is 4.10. The van der Waals surface area contributed by atoms with Crippen LogP contribution in [0, 0.1) is 0 Å².